The molecule has 0 unspecified atom stereocenters. The molecule has 0 aliphatic rings. The van der Waals surface area contributed by atoms with Gasteiger partial charge in [0.25, 0.3) is 0 Å². The second-order valence-electron chi connectivity index (χ2n) is 4.55. The number of Topliss-reactive ketones (excluding diaryl/α,β-unsaturated/α-hetero) is 1. The van der Waals surface area contributed by atoms with Crippen molar-refractivity contribution in [3.05, 3.63) is 64.7 Å². The van der Waals surface area contributed by atoms with Crippen LogP contribution in [0, 0.1) is 0 Å². The largest absolute Gasteiger partial charge is 0.370 e. The zero-order valence-corrected chi connectivity index (χ0v) is 11.8. The summed E-state index contributed by atoms with van der Waals surface area (Å²) in [5, 5.41) is 0.773. The Morgan fingerprint density at radius 3 is 2.32 bits per heavy atom. The highest BCUT2D eigenvalue weighted by Gasteiger charge is 2.06. The maximum Gasteiger partial charge on any atom is 0.159 e. The van der Waals surface area contributed by atoms with E-state index < -0.39 is 0 Å². The molecule has 0 aliphatic carbocycles. The first-order valence-corrected chi connectivity index (χ1v) is 6.51. The van der Waals surface area contributed by atoms with Crippen LogP contribution >= 0.6 is 11.6 Å². The first kappa shape index (κ1) is 13.6. The Morgan fingerprint density at radius 2 is 1.74 bits per heavy atom. The van der Waals surface area contributed by atoms with E-state index in [1.54, 1.807) is 6.92 Å². The molecule has 0 atom stereocenters. The van der Waals surface area contributed by atoms with Crippen LogP contribution in [0.1, 0.15) is 22.8 Å². The van der Waals surface area contributed by atoms with Gasteiger partial charge in [-0.25, -0.2) is 0 Å². The van der Waals surface area contributed by atoms with Gasteiger partial charge < -0.3 is 4.90 Å². The SMILES string of the molecule is CC(=O)c1ccc(N(C)Cc2ccccc2Cl)cc1. The van der Waals surface area contributed by atoms with Crippen molar-refractivity contribution < 1.29 is 4.79 Å². The molecule has 0 saturated carbocycles. The minimum absolute atomic E-state index is 0.0836. The molecule has 3 heteroatoms. The minimum atomic E-state index is 0.0836. The van der Waals surface area contributed by atoms with E-state index in [2.05, 4.69) is 4.90 Å². The number of halogens is 1. The molecule has 0 fully saturated rings. The van der Waals surface area contributed by atoms with Crippen LogP contribution in [0.25, 0.3) is 0 Å². The fraction of sp³-hybridized carbons (Fsp3) is 0.188. The third kappa shape index (κ3) is 3.36. The van der Waals surface area contributed by atoms with Gasteiger partial charge in [0.15, 0.2) is 5.78 Å². The van der Waals surface area contributed by atoms with Gasteiger partial charge in [-0.15, -0.1) is 0 Å². The molecular weight excluding hydrogens is 258 g/mol. The van der Waals surface area contributed by atoms with E-state index >= 15 is 0 Å². The molecule has 0 aliphatic heterocycles. The van der Waals surface area contributed by atoms with Gasteiger partial charge >= 0.3 is 0 Å². The van der Waals surface area contributed by atoms with Crippen LogP contribution in [0.5, 0.6) is 0 Å². The molecule has 0 aromatic heterocycles. The van der Waals surface area contributed by atoms with Gasteiger partial charge in [0, 0.05) is 29.9 Å². The first-order valence-electron chi connectivity index (χ1n) is 6.13. The van der Waals surface area contributed by atoms with Crippen LogP contribution in [-0.2, 0) is 6.54 Å². The standard InChI is InChI=1S/C16H16ClNO/c1-12(19)13-7-9-15(10-8-13)18(2)11-14-5-3-4-6-16(14)17/h3-10H,11H2,1-2H3. The maximum atomic E-state index is 11.2. The van der Waals surface area contributed by atoms with Gasteiger partial charge in [-0.2, -0.15) is 0 Å². The smallest absolute Gasteiger partial charge is 0.159 e. The molecule has 98 valence electrons. The number of nitrogens with zero attached hydrogens (tertiary/aromatic N) is 1. The van der Waals surface area contributed by atoms with Crippen molar-refractivity contribution in [2.24, 2.45) is 0 Å². The molecule has 19 heavy (non-hydrogen) atoms. The predicted molar refractivity (Wildman–Crippen MR) is 80.0 cm³/mol. The number of hydrogen-bond acceptors (Lipinski definition) is 2. The lowest BCUT2D eigenvalue weighted by Crippen LogP contribution is -2.16. The third-order valence-corrected chi connectivity index (χ3v) is 3.45. The van der Waals surface area contributed by atoms with E-state index in [0.717, 1.165) is 28.4 Å². The zero-order chi connectivity index (χ0) is 13.8. The molecular formula is C16H16ClNO. The number of rotatable bonds is 4. The number of carbonyl (C=O) groups excluding carboxylic acids is 1. The highest BCUT2D eigenvalue weighted by Crippen LogP contribution is 2.21. The summed E-state index contributed by atoms with van der Waals surface area (Å²) in [6.07, 6.45) is 0. The molecule has 0 bridgehead atoms. The first-order chi connectivity index (χ1) is 9.08. The lowest BCUT2D eigenvalue weighted by Gasteiger charge is -2.20. The quantitative estimate of drug-likeness (QED) is 0.779. The minimum Gasteiger partial charge on any atom is -0.370 e. The lowest BCUT2D eigenvalue weighted by atomic mass is 10.1. The average molecular weight is 274 g/mol. The molecule has 0 heterocycles. The molecule has 0 amide bonds. The van der Waals surface area contributed by atoms with Crippen LogP contribution in [0.3, 0.4) is 0 Å². The molecule has 0 radical (unpaired) electrons. The van der Waals surface area contributed by atoms with Crippen LogP contribution in [0.4, 0.5) is 5.69 Å². The van der Waals surface area contributed by atoms with Crippen LogP contribution in [-0.4, -0.2) is 12.8 Å². The van der Waals surface area contributed by atoms with E-state index in [0.29, 0.717) is 0 Å². The zero-order valence-electron chi connectivity index (χ0n) is 11.1. The number of hydrogen-bond donors (Lipinski definition) is 0. The summed E-state index contributed by atoms with van der Waals surface area (Å²) in [6.45, 7) is 2.31. The summed E-state index contributed by atoms with van der Waals surface area (Å²) in [5.74, 6) is 0.0836. The predicted octanol–water partition coefficient (Wildman–Crippen LogP) is 4.18. The van der Waals surface area contributed by atoms with Crippen LogP contribution < -0.4 is 4.90 Å². The van der Waals surface area contributed by atoms with Crippen molar-refractivity contribution in [3.8, 4) is 0 Å². The van der Waals surface area contributed by atoms with Crippen molar-refractivity contribution in [3.63, 3.8) is 0 Å². The summed E-state index contributed by atoms with van der Waals surface area (Å²) in [5.41, 5.74) is 2.88. The van der Waals surface area contributed by atoms with E-state index in [9.17, 15) is 4.79 Å². The molecule has 2 nitrogen and oxygen atoms in total. The maximum absolute atomic E-state index is 11.2. The second kappa shape index (κ2) is 5.89. The molecule has 2 aromatic rings. The summed E-state index contributed by atoms with van der Waals surface area (Å²) in [7, 11) is 2.01. The van der Waals surface area contributed by atoms with E-state index in [-0.39, 0.29) is 5.78 Å². The van der Waals surface area contributed by atoms with Crippen LogP contribution in [0.2, 0.25) is 5.02 Å². The Balaban J connectivity index is 2.14. The number of ketones is 1. The van der Waals surface area contributed by atoms with Gasteiger partial charge in [0.05, 0.1) is 0 Å². The summed E-state index contributed by atoms with van der Waals surface area (Å²) in [6, 6.07) is 15.4. The van der Waals surface area contributed by atoms with Gasteiger partial charge in [-0.1, -0.05) is 29.8 Å². The van der Waals surface area contributed by atoms with E-state index in [4.69, 9.17) is 11.6 Å². The topological polar surface area (TPSA) is 20.3 Å². The number of benzene rings is 2. The van der Waals surface area contributed by atoms with Crippen LogP contribution in [0.15, 0.2) is 48.5 Å². The Bertz CT molecular complexity index is 578. The van der Waals surface area contributed by atoms with E-state index in [1.165, 1.54) is 0 Å². The Morgan fingerprint density at radius 1 is 1.11 bits per heavy atom. The van der Waals surface area contributed by atoms with E-state index in [1.807, 2.05) is 55.6 Å². The van der Waals surface area contributed by atoms with Gasteiger partial charge in [-0.3, -0.25) is 4.79 Å². The van der Waals surface area contributed by atoms with Crippen molar-refractivity contribution in [1.82, 2.24) is 0 Å². The molecule has 0 N–H and O–H groups in total. The van der Waals surface area contributed by atoms with Crippen molar-refractivity contribution in [1.29, 1.82) is 0 Å². The monoisotopic (exact) mass is 273 g/mol. The average Bonchev–Trinajstić information content (AvgIpc) is 2.41. The van der Waals surface area contributed by atoms with Crippen molar-refractivity contribution in [2.45, 2.75) is 13.5 Å². The fourth-order valence-corrected chi connectivity index (χ4v) is 2.12. The molecule has 2 rings (SSSR count). The third-order valence-electron chi connectivity index (χ3n) is 3.08. The van der Waals surface area contributed by atoms with Gasteiger partial charge in [-0.05, 0) is 42.8 Å². The highest BCUT2D eigenvalue weighted by molar-refractivity contribution is 6.31. The van der Waals surface area contributed by atoms with Crippen molar-refractivity contribution >= 4 is 23.1 Å². The lowest BCUT2D eigenvalue weighted by molar-refractivity contribution is 0.101. The fourth-order valence-electron chi connectivity index (χ4n) is 1.92. The molecule has 0 spiro atoms. The Hall–Kier alpha value is -1.80. The summed E-state index contributed by atoms with van der Waals surface area (Å²) < 4.78 is 0. The summed E-state index contributed by atoms with van der Waals surface area (Å²) in [4.78, 5) is 13.3. The Labute approximate surface area is 118 Å². The normalized spacial score (nSPS) is 10.3. The number of anilines is 1. The van der Waals surface area contributed by atoms with Gasteiger partial charge in [0.1, 0.15) is 0 Å². The van der Waals surface area contributed by atoms with Gasteiger partial charge in [0.2, 0.25) is 0 Å². The second-order valence-corrected chi connectivity index (χ2v) is 4.96. The summed E-state index contributed by atoms with van der Waals surface area (Å²) >= 11 is 6.15. The number of carbonyl (C=O) groups is 1. The Kier molecular flexibility index (Phi) is 4.23. The molecule has 2 aromatic carbocycles. The van der Waals surface area contributed by atoms with Crippen molar-refractivity contribution in [2.75, 3.05) is 11.9 Å². The highest BCUT2D eigenvalue weighted by atomic mass is 35.5. The molecule has 0 saturated heterocycles.